The predicted octanol–water partition coefficient (Wildman–Crippen LogP) is 3.44. The molecule has 0 aliphatic rings. The molecule has 0 aliphatic carbocycles. The third kappa shape index (κ3) is 7.08. The number of esters is 1. The number of ketones is 1. The van der Waals surface area contributed by atoms with Gasteiger partial charge in [0.2, 0.25) is 5.91 Å². The summed E-state index contributed by atoms with van der Waals surface area (Å²) >= 11 is 0. The Morgan fingerprint density at radius 3 is 2.17 bits per heavy atom. The van der Waals surface area contributed by atoms with Gasteiger partial charge in [-0.2, -0.15) is 0 Å². The largest absolute Gasteiger partial charge is 0.457 e. The number of Topliss-reactive ketones (excluding diaryl/α,β-unsaturated/α-hetero) is 1. The molecule has 1 aromatic rings. The number of carbonyl (C=O) groups excluding carboxylic acids is 3. The third-order valence-electron chi connectivity index (χ3n) is 3.29. The molecule has 0 fully saturated rings. The molecule has 0 bridgehead atoms. The minimum atomic E-state index is -0.354. The highest BCUT2D eigenvalue weighted by molar-refractivity contribution is 5.99. The number of benzene rings is 1. The van der Waals surface area contributed by atoms with Crippen molar-refractivity contribution in [3.63, 3.8) is 0 Å². The van der Waals surface area contributed by atoms with Gasteiger partial charge in [0.25, 0.3) is 0 Å². The highest BCUT2D eigenvalue weighted by Crippen LogP contribution is 2.12. The van der Waals surface area contributed by atoms with Crippen molar-refractivity contribution in [3.8, 4) is 0 Å². The van der Waals surface area contributed by atoms with Crippen LogP contribution in [0.1, 0.15) is 50.9 Å². The van der Waals surface area contributed by atoms with Crippen molar-refractivity contribution in [1.29, 1.82) is 0 Å². The molecule has 1 rings (SSSR count). The zero-order valence-corrected chi connectivity index (χ0v) is 14.2. The van der Waals surface area contributed by atoms with E-state index in [1.165, 1.54) is 0 Å². The van der Waals surface area contributed by atoms with Crippen LogP contribution in [0.25, 0.3) is 0 Å². The Balaban J connectivity index is 2.48. The smallest absolute Gasteiger partial charge is 0.306 e. The number of nitrogens with one attached hydrogen (secondary N) is 1. The number of rotatable bonds is 8. The van der Waals surface area contributed by atoms with E-state index >= 15 is 0 Å². The summed E-state index contributed by atoms with van der Waals surface area (Å²) in [7, 11) is 0. The maximum atomic E-state index is 12.0. The van der Waals surface area contributed by atoms with Gasteiger partial charge in [-0.1, -0.05) is 27.7 Å². The molecular formula is C18H25NO4. The van der Waals surface area contributed by atoms with Crippen molar-refractivity contribution < 1.29 is 19.1 Å². The number of anilines is 1. The standard InChI is InChI=1S/C18H25NO4/c1-12(2)5-10-17(21)23-11-16(20)14-6-8-15(9-7-14)19-18(22)13(3)4/h6-9,12-13H,5,10-11H2,1-4H3,(H,19,22). The molecule has 0 aromatic heterocycles. The van der Waals surface area contributed by atoms with E-state index in [2.05, 4.69) is 5.32 Å². The number of carbonyl (C=O) groups is 3. The van der Waals surface area contributed by atoms with Gasteiger partial charge in [0.1, 0.15) is 0 Å². The maximum absolute atomic E-state index is 12.0. The van der Waals surface area contributed by atoms with Gasteiger partial charge >= 0.3 is 5.97 Å². The minimum absolute atomic E-state index is 0.0804. The summed E-state index contributed by atoms with van der Waals surface area (Å²) in [6.07, 6.45) is 1.07. The molecule has 1 N–H and O–H groups in total. The molecule has 0 saturated carbocycles. The fourth-order valence-electron chi connectivity index (χ4n) is 1.73. The molecule has 0 radical (unpaired) electrons. The van der Waals surface area contributed by atoms with Crippen LogP contribution in [0.2, 0.25) is 0 Å². The summed E-state index contributed by atoms with van der Waals surface area (Å²) < 4.78 is 4.98. The number of hydrogen-bond donors (Lipinski definition) is 1. The second-order valence-corrected chi connectivity index (χ2v) is 6.24. The van der Waals surface area contributed by atoms with Crippen molar-refractivity contribution in [2.24, 2.45) is 11.8 Å². The lowest BCUT2D eigenvalue weighted by molar-refractivity contribution is -0.142. The Hall–Kier alpha value is -2.17. The van der Waals surface area contributed by atoms with Gasteiger partial charge in [-0.3, -0.25) is 14.4 Å². The molecule has 0 unspecified atom stereocenters. The summed E-state index contributed by atoms with van der Waals surface area (Å²) in [5.74, 6) is -0.380. The van der Waals surface area contributed by atoms with E-state index in [0.29, 0.717) is 23.6 Å². The molecule has 0 saturated heterocycles. The molecule has 0 aliphatic heterocycles. The number of ether oxygens (including phenoxy) is 1. The normalized spacial score (nSPS) is 10.7. The molecule has 1 amide bonds. The third-order valence-corrected chi connectivity index (χ3v) is 3.29. The average molecular weight is 319 g/mol. The zero-order chi connectivity index (χ0) is 17.4. The molecular weight excluding hydrogens is 294 g/mol. The maximum Gasteiger partial charge on any atom is 0.306 e. The summed E-state index contributed by atoms with van der Waals surface area (Å²) in [6.45, 7) is 7.41. The predicted molar refractivity (Wildman–Crippen MR) is 89.3 cm³/mol. The summed E-state index contributed by atoms with van der Waals surface area (Å²) in [6, 6.07) is 6.54. The molecule has 5 heteroatoms. The van der Waals surface area contributed by atoms with E-state index in [1.54, 1.807) is 38.1 Å². The lowest BCUT2D eigenvalue weighted by Gasteiger charge is -2.09. The summed E-state index contributed by atoms with van der Waals surface area (Å²) in [4.78, 5) is 35.0. The van der Waals surface area contributed by atoms with E-state index < -0.39 is 0 Å². The SMILES string of the molecule is CC(C)CCC(=O)OCC(=O)c1ccc(NC(=O)C(C)C)cc1. The Bertz CT molecular complexity index is 547. The fourth-order valence-corrected chi connectivity index (χ4v) is 1.73. The highest BCUT2D eigenvalue weighted by Gasteiger charge is 2.11. The quantitative estimate of drug-likeness (QED) is 0.588. The molecule has 1 aromatic carbocycles. The van der Waals surface area contributed by atoms with Gasteiger partial charge in [0.15, 0.2) is 12.4 Å². The topological polar surface area (TPSA) is 72.5 Å². The molecule has 0 spiro atoms. The van der Waals surface area contributed by atoms with Crippen LogP contribution < -0.4 is 5.32 Å². The monoisotopic (exact) mass is 319 g/mol. The molecule has 5 nitrogen and oxygen atoms in total. The van der Waals surface area contributed by atoms with Gasteiger partial charge in [0, 0.05) is 23.6 Å². The van der Waals surface area contributed by atoms with Crippen molar-refractivity contribution in [1.82, 2.24) is 0 Å². The van der Waals surface area contributed by atoms with E-state index in [9.17, 15) is 14.4 Å². The van der Waals surface area contributed by atoms with Crippen LogP contribution in [0.15, 0.2) is 24.3 Å². The van der Waals surface area contributed by atoms with Crippen molar-refractivity contribution in [2.45, 2.75) is 40.5 Å². The van der Waals surface area contributed by atoms with Gasteiger partial charge in [0.05, 0.1) is 0 Å². The van der Waals surface area contributed by atoms with Crippen LogP contribution in [0.4, 0.5) is 5.69 Å². The van der Waals surface area contributed by atoms with Gasteiger partial charge in [-0.15, -0.1) is 0 Å². The van der Waals surface area contributed by atoms with E-state index in [0.717, 1.165) is 6.42 Å². The molecule has 126 valence electrons. The Morgan fingerprint density at radius 1 is 1.04 bits per heavy atom. The first-order chi connectivity index (χ1) is 10.8. The van der Waals surface area contributed by atoms with Crippen molar-refractivity contribution >= 4 is 23.3 Å². The molecule has 0 atom stereocenters. The van der Waals surface area contributed by atoms with Crippen LogP contribution in [0, 0.1) is 11.8 Å². The average Bonchev–Trinajstić information content (AvgIpc) is 2.51. The van der Waals surface area contributed by atoms with E-state index in [-0.39, 0.29) is 30.2 Å². The first-order valence-electron chi connectivity index (χ1n) is 7.89. The first kappa shape index (κ1) is 18.9. The second-order valence-electron chi connectivity index (χ2n) is 6.24. The van der Waals surface area contributed by atoms with Gasteiger partial charge in [-0.05, 0) is 36.6 Å². The van der Waals surface area contributed by atoms with Crippen LogP contribution >= 0.6 is 0 Å². The number of hydrogen-bond acceptors (Lipinski definition) is 4. The van der Waals surface area contributed by atoms with E-state index in [1.807, 2.05) is 13.8 Å². The van der Waals surface area contributed by atoms with Crippen LogP contribution in [0.3, 0.4) is 0 Å². The fraction of sp³-hybridized carbons (Fsp3) is 0.500. The molecule has 23 heavy (non-hydrogen) atoms. The lowest BCUT2D eigenvalue weighted by Crippen LogP contribution is -2.18. The number of amides is 1. The Kier molecular flexibility index (Phi) is 7.45. The minimum Gasteiger partial charge on any atom is -0.457 e. The van der Waals surface area contributed by atoms with Crippen LogP contribution in [-0.2, 0) is 14.3 Å². The first-order valence-corrected chi connectivity index (χ1v) is 7.89. The van der Waals surface area contributed by atoms with Crippen molar-refractivity contribution in [2.75, 3.05) is 11.9 Å². The highest BCUT2D eigenvalue weighted by atomic mass is 16.5. The van der Waals surface area contributed by atoms with Crippen LogP contribution in [0.5, 0.6) is 0 Å². The Morgan fingerprint density at radius 2 is 1.65 bits per heavy atom. The Labute approximate surface area is 137 Å². The molecule has 0 heterocycles. The van der Waals surface area contributed by atoms with Crippen LogP contribution in [-0.4, -0.2) is 24.3 Å². The zero-order valence-electron chi connectivity index (χ0n) is 14.2. The van der Waals surface area contributed by atoms with Gasteiger partial charge < -0.3 is 10.1 Å². The van der Waals surface area contributed by atoms with Gasteiger partial charge in [-0.25, -0.2) is 0 Å². The second kappa shape index (κ2) is 9.08. The summed E-state index contributed by atoms with van der Waals surface area (Å²) in [5, 5.41) is 2.75. The van der Waals surface area contributed by atoms with Crippen molar-refractivity contribution in [3.05, 3.63) is 29.8 Å². The summed E-state index contributed by atoms with van der Waals surface area (Å²) in [5.41, 5.74) is 1.08. The lowest BCUT2D eigenvalue weighted by atomic mass is 10.1. The van der Waals surface area contributed by atoms with E-state index in [4.69, 9.17) is 4.74 Å².